The van der Waals surface area contributed by atoms with Crippen LogP contribution < -0.4 is 5.73 Å². The first-order chi connectivity index (χ1) is 4.68. The molecule has 0 amide bonds. The van der Waals surface area contributed by atoms with Gasteiger partial charge in [0.15, 0.2) is 0 Å². The van der Waals surface area contributed by atoms with Gasteiger partial charge in [-0.05, 0) is 0 Å². The van der Waals surface area contributed by atoms with Crippen LogP contribution in [0.15, 0.2) is 0 Å². The van der Waals surface area contributed by atoms with Gasteiger partial charge in [0.25, 0.3) is 0 Å². The third kappa shape index (κ3) is 28.4. The molecule has 58 valence electrons. The Morgan fingerprint density at radius 1 is 1.80 bits per heavy atom. The first-order valence-electron chi connectivity index (χ1n) is 2.97. The highest BCUT2D eigenvalue weighted by atomic mass is 16.4. The second-order valence-electron chi connectivity index (χ2n) is 1.44. The molecule has 0 aromatic carbocycles. The van der Waals surface area contributed by atoms with Gasteiger partial charge in [-0.1, -0.05) is 6.92 Å². The molecule has 0 aliphatic rings. The molecular weight excluding hydrogens is 132 g/mol. The number of nitrogens with two attached hydrogens (primary N) is 1. The molecule has 3 N–H and O–H groups in total. The summed E-state index contributed by atoms with van der Waals surface area (Å²) >= 11 is 0. The number of carbonyl (C=O) groups is 1. The fraction of sp³-hybridized carbons (Fsp3) is 0.667. The molecule has 4 nitrogen and oxygen atoms in total. The molecule has 0 atom stereocenters. The lowest BCUT2D eigenvalue weighted by molar-refractivity contribution is -0.136. The third-order valence-corrected chi connectivity index (χ3v) is 0.559. The lowest BCUT2D eigenvalue weighted by atomic mass is 10.5. The topological polar surface area (TPSA) is 87.1 Å². The summed E-state index contributed by atoms with van der Waals surface area (Å²) in [5.74, 6) is -0.745. The molecule has 0 saturated carbocycles. The molecule has 0 aromatic heterocycles. The van der Waals surface area contributed by atoms with E-state index in [4.69, 9.17) is 16.1 Å². The van der Waals surface area contributed by atoms with Crippen LogP contribution in [0.3, 0.4) is 0 Å². The molecule has 0 rings (SSSR count). The Labute approximate surface area is 60.3 Å². The van der Waals surface area contributed by atoms with Crippen molar-refractivity contribution in [2.45, 2.75) is 19.8 Å². The molecule has 10 heavy (non-hydrogen) atoms. The van der Waals surface area contributed by atoms with E-state index >= 15 is 0 Å². The average molecular weight is 144 g/mol. The predicted octanol–water partition coefficient (Wildman–Crippen LogP) is 0.340. The zero-order valence-electron chi connectivity index (χ0n) is 6.00. The molecule has 0 aliphatic heterocycles. The first kappa shape index (κ1) is 11.7. The maximum Gasteiger partial charge on any atom is 0.303 e. The van der Waals surface area contributed by atoms with Gasteiger partial charge in [0.2, 0.25) is 0 Å². The van der Waals surface area contributed by atoms with Gasteiger partial charge in [0.1, 0.15) is 0 Å². The van der Waals surface area contributed by atoms with Crippen molar-refractivity contribution < 1.29 is 9.90 Å². The van der Waals surface area contributed by atoms with Gasteiger partial charge in [-0.25, -0.2) is 0 Å². The number of hydrogen-bond donors (Lipinski definition) is 2. The summed E-state index contributed by atoms with van der Waals surface area (Å²) in [4.78, 5) is 9.37. The summed E-state index contributed by atoms with van der Waals surface area (Å²) in [5.41, 5.74) is 4.92. The predicted molar refractivity (Wildman–Crippen MR) is 37.2 cm³/mol. The molecular formula is C6H12N2O2. The number of nitriles is 1. The largest absolute Gasteiger partial charge is 0.481 e. The fourth-order valence-electron chi connectivity index (χ4n) is 0.0645. The summed E-state index contributed by atoms with van der Waals surface area (Å²) in [6.45, 7) is 2.08. The standard InChI is InChI=1S/C3H6N2.C3H6O2/c4-2-1-3-5;1-2-3(4)5/h1-2,4H2;2H2,1H3,(H,4,5). The van der Waals surface area contributed by atoms with Gasteiger partial charge in [-0.15, -0.1) is 0 Å². The summed E-state index contributed by atoms with van der Waals surface area (Å²) in [7, 11) is 0. The van der Waals surface area contributed by atoms with E-state index in [2.05, 4.69) is 0 Å². The zero-order valence-corrected chi connectivity index (χ0v) is 6.00. The van der Waals surface area contributed by atoms with Crippen LogP contribution in [0, 0.1) is 11.3 Å². The number of carboxylic acids is 1. The number of hydrogen-bond acceptors (Lipinski definition) is 3. The minimum atomic E-state index is -0.745. The van der Waals surface area contributed by atoms with Gasteiger partial charge in [0.05, 0.1) is 6.07 Å². The molecule has 0 radical (unpaired) electrons. The van der Waals surface area contributed by atoms with Crippen LogP contribution in [-0.4, -0.2) is 17.6 Å². The van der Waals surface area contributed by atoms with E-state index in [0.29, 0.717) is 13.0 Å². The molecule has 0 unspecified atom stereocenters. The van der Waals surface area contributed by atoms with Crippen molar-refractivity contribution in [3.8, 4) is 6.07 Å². The van der Waals surface area contributed by atoms with E-state index in [9.17, 15) is 4.79 Å². The fourth-order valence-corrected chi connectivity index (χ4v) is 0.0645. The lowest BCUT2D eigenvalue weighted by Gasteiger charge is -1.71. The smallest absolute Gasteiger partial charge is 0.303 e. The normalized spacial score (nSPS) is 6.90. The number of rotatable bonds is 2. The number of nitrogens with zero attached hydrogens (tertiary/aromatic N) is 1. The summed E-state index contributed by atoms with van der Waals surface area (Å²) in [6, 6.07) is 1.89. The zero-order chi connectivity index (χ0) is 8.41. The van der Waals surface area contributed by atoms with Crippen molar-refractivity contribution in [1.82, 2.24) is 0 Å². The van der Waals surface area contributed by atoms with Crippen LogP contribution in [0.25, 0.3) is 0 Å². The Morgan fingerprint density at radius 2 is 2.20 bits per heavy atom. The van der Waals surface area contributed by atoms with Gasteiger partial charge in [0, 0.05) is 19.4 Å². The molecule has 0 heterocycles. The van der Waals surface area contributed by atoms with Crippen LogP contribution in [-0.2, 0) is 4.79 Å². The monoisotopic (exact) mass is 144 g/mol. The SMILES string of the molecule is CCC(=O)O.N#CCCN. The number of carboxylic acid groups (broad SMARTS) is 1. The van der Waals surface area contributed by atoms with Crippen molar-refractivity contribution >= 4 is 5.97 Å². The van der Waals surface area contributed by atoms with Crippen molar-refractivity contribution in [3.63, 3.8) is 0 Å². The van der Waals surface area contributed by atoms with Crippen molar-refractivity contribution in [2.24, 2.45) is 5.73 Å². The minimum Gasteiger partial charge on any atom is -0.481 e. The highest BCUT2D eigenvalue weighted by molar-refractivity contribution is 5.66. The Morgan fingerprint density at radius 3 is 2.20 bits per heavy atom. The van der Waals surface area contributed by atoms with Crippen LogP contribution in [0.4, 0.5) is 0 Å². The van der Waals surface area contributed by atoms with Gasteiger partial charge in [-0.3, -0.25) is 4.79 Å². The summed E-state index contributed by atoms with van der Waals surface area (Å²) in [5, 5.41) is 15.5. The van der Waals surface area contributed by atoms with Crippen molar-refractivity contribution in [2.75, 3.05) is 6.54 Å². The van der Waals surface area contributed by atoms with E-state index in [-0.39, 0.29) is 6.42 Å². The van der Waals surface area contributed by atoms with Gasteiger partial charge < -0.3 is 10.8 Å². The first-order valence-corrected chi connectivity index (χ1v) is 2.97. The van der Waals surface area contributed by atoms with E-state index in [1.54, 1.807) is 6.92 Å². The van der Waals surface area contributed by atoms with Gasteiger partial charge >= 0.3 is 5.97 Å². The van der Waals surface area contributed by atoms with Crippen LogP contribution in [0.2, 0.25) is 0 Å². The van der Waals surface area contributed by atoms with E-state index in [1.807, 2.05) is 6.07 Å². The molecule has 4 heteroatoms. The molecule has 0 saturated heterocycles. The van der Waals surface area contributed by atoms with E-state index < -0.39 is 5.97 Å². The highest BCUT2D eigenvalue weighted by Crippen LogP contribution is 1.67. The highest BCUT2D eigenvalue weighted by Gasteiger charge is 1.80. The Bertz CT molecular complexity index is 117. The van der Waals surface area contributed by atoms with Gasteiger partial charge in [-0.2, -0.15) is 5.26 Å². The van der Waals surface area contributed by atoms with Crippen LogP contribution >= 0.6 is 0 Å². The Kier molecular flexibility index (Phi) is 12.6. The molecule has 0 aliphatic carbocycles. The van der Waals surface area contributed by atoms with E-state index in [0.717, 1.165) is 0 Å². The number of aliphatic carboxylic acids is 1. The van der Waals surface area contributed by atoms with Crippen LogP contribution in [0.5, 0.6) is 0 Å². The molecule has 0 spiro atoms. The lowest BCUT2D eigenvalue weighted by Crippen LogP contribution is -1.94. The quantitative estimate of drug-likeness (QED) is 0.585. The third-order valence-electron chi connectivity index (χ3n) is 0.559. The molecule has 0 aromatic rings. The van der Waals surface area contributed by atoms with Crippen molar-refractivity contribution in [3.05, 3.63) is 0 Å². The minimum absolute atomic E-state index is 0.222. The Hall–Kier alpha value is -1.08. The maximum absolute atomic E-state index is 9.37. The molecule has 0 bridgehead atoms. The van der Waals surface area contributed by atoms with Crippen LogP contribution in [0.1, 0.15) is 19.8 Å². The second-order valence-corrected chi connectivity index (χ2v) is 1.44. The second kappa shape index (κ2) is 10.8. The van der Waals surface area contributed by atoms with E-state index in [1.165, 1.54) is 0 Å². The summed E-state index contributed by atoms with van der Waals surface area (Å²) in [6.07, 6.45) is 0.694. The summed E-state index contributed by atoms with van der Waals surface area (Å²) < 4.78 is 0. The Balaban J connectivity index is 0. The maximum atomic E-state index is 9.37. The average Bonchev–Trinajstić information content (AvgIpc) is 1.91. The molecule has 0 fully saturated rings. The van der Waals surface area contributed by atoms with Crippen molar-refractivity contribution in [1.29, 1.82) is 5.26 Å².